The van der Waals surface area contributed by atoms with Crippen LogP contribution in [-0.2, 0) is 4.74 Å². The summed E-state index contributed by atoms with van der Waals surface area (Å²) in [4.78, 5) is 11.2. The molecule has 0 atom stereocenters. The van der Waals surface area contributed by atoms with Crippen LogP contribution in [0.25, 0.3) is 0 Å². The standard InChI is InChI=1S/C9H10F2N2O3/c1-15-8(14)6-3-2-5(16-9(10)11)4-7(6)13-12/h2-4,9,13H,12H2,1H3. The van der Waals surface area contributed by atoms with Crippen molar-refractivity contribution in [2.75, 3.05) is 12.5 Å². The summed E-state index contributed by atoms with van der Waals surface area (Å²) in [5.74, 6) is 4.41. The monoisotopic (exact) mass is 232 g/mol. The Morgan fingerprint density at radius 2 is 2.19 bits per heavy atom. The van der Waals surface area contributed by atoms with Crippen LogP contribution < -0.4 is 16.0 Å². The van der Waals surface area contributed by atoms with E-state index in [0.29, 0.717) is 0 Å². The lowest BCUT2D eigenvalue weighted by atomic mass is 10.2. The lowest BCUT2D eigenvalue weighted by molar-refractivity contribution is -0.0498. The molecule has 5 nitrogen and oxygen atoms in total. The number of methoxy groups -OCH3 is 1. The number of hydrogen-bond donors (Lipinski definition) is 2. The van der Waals surface area contributed by atoms with Gasteiger partial charge < -0.3 is 14.9 Å². The van der Waals surface area contributed by atoms with Gasteiger partial charge in [0.1, 0.15) is 5.75 Å². The third-order valence-electron chi connectivity index (χ3n) is 1.78. The summed E-state index contributed by atoms with van der Waals surface area (Å²) >= 11 is 0. The van der Waals surface area contributed by atoms with Gasteiger partial charge in [0.15, 0.2) is 0 Å². The Balaban J connectivity index is 3.01. The quantitative estimate of drug-likeness (QED) is 0.466. The van der Waals surface area contributed by atoms with Crippen LogP contribution in [-0.4, -0.2) is 19.7 Å². The first-order valence-electron chi connectivity index (χ1n) is 4.22. The third kappa shape index (κ3) is 2.80. The SMILES string of the molecule is COC(=O)c1ccc(OC(F)F)cc1NN. The van der Waals surface area contributed by atoms with E-state index in [1.165, 1.54) is 25.3 Å². The van der Waals surface area contributed by atoms with Crippen LogP contribution >= 0.6 is 0 Å². The van der Waals surface area contributed by atoms with Crippen molar-refractivity contribution in [3.8, 4) is 5.75 Å². The molecule has 0 bridgehead atoms. The van der Waals surface area contributed by atoms with Crippen LogP contribution in [0.5, 0.6) is 5.75 Å². The number of carbonyl (C=O) groups is 1. The first kappa shape index (κ1) is 12.2. The van der Waals surface area contributed by atoms with Gasteiger partial charge in [-0.2, -0.15) is 8.78 Å². The molecule has 0 fully saturated rings. The lowest BCUT2D eigenvalue weighted by Crippen LogP contribution is -2.13. The fourth-order valence-electron chi connectivity index (χ4n) is 1.11. The maximum Gasteiger partial charge on any atom is 0.387 e. The van der Waals surface area contributed by atoms with Crippen molar-refractivity contribution >= 4 is 11.7 Å². The van der Waals surface area contributed by atoms with Crippen molar-refractivity contribution < 1.29 is 23.0 Å². The predicted octanol–water partition coefficient (Wildman–Crippen LogP) is 1.36. The lowest BCUT2D eigenvalue weighted by Gasteiger charge is -2.10. The number of nitrogens with two attached hydrogens (primary N) is 1. The predicted molar refractivity (Wildman–Crippen MR) is 52.2 cm³/mol. The molecule has 1 aromatic rings. The number of benzene rings is 1. The molecule has 3 N–H and O–H groups in total. The number of halogens is 2. The van der Waals surface area contributed by atoms with E-state index in [2.05, 4.69) is 14.9 Å². The van der Waals surface area contributed by atoms with E-state index in [1.807, 2.05) is 0 Å². The number of nitrogens with one attached hydrogen (secondary N) is 1. The van der Waals surface area contributed by atoms with Crippen LogP contribution in [0.4, 0.5) is 14.5 Å². The van der Waals surface area contributed by atoms with Gasteiger partial charge in [-0.3, -0.25) is 5.84 Å². The van der Waals surface area contributed by atoms with Crippen LogP contribution in [0, 0.1) is 0 Å². The number of carbonyl (C=O) groups excluding carboxylic acids is 1. The number of nitrogen functional groups attached to an aromatic ring is 1. The minimum atomic E-state index is -2.94. The van der Waals surface area contributed by atoms with Gasteiger partial charge >= 0.3 is 12.6 Å². The largest absolute Gasteiger partial charge is 0.465 e. The van der Waals surface area contributed by atoms with Crippen molar-refractivity contribution in [1.29, 1.82) is 0 Å². The number of ether oxygens (including phenoxy) is 2. The molecular formula is C9H10F2N2O3. The second-order valence-electron chi connectivity index (χ2n) is 2.72. The maximum absolute atomic E-state index is 11.9. The van der Waals surface area contributed by atoms with Gasteiger partial charge in [-0.25, -0.2) is 4.79 Å². The molecule has 1 rings (SSSR count). The fourth-order valence-corrected chi connectivity index (χ4v) is 1.11. The first-order chi connectivity index (χ1) is 7.58. The third-order valence-corrected chi connectivity index (χ3v) is 1.78. The van der Waals surface area contributed by atoms with Gasteiger partial charge in [0.05, 0.1) is 18.4 Å². The van der Waals surface area contributed by atoms with E-state index in [4.69, 9.17) is 5.84 Å². The number of alkyl halides is 2. The number of hydrogen-bond acceptors (Lipinski definition) is 5. The molecule has 0 saturated carbocycles. The Morgan fingerprint density at radius 3 is 2.69 bits per heavy atom. The Morgan fingerprint density at radius 1 is 1.50 bits per heavy atom. The smallest absolute Gasteiger partial charge is 0.387 e. The van der Waals surface area contributed by atoms with E-state index in [0.717, 1.165) is 0 Å². The van der Waals surface area contributed by atoms with Crippen LogP contribution in [0.1, 0.15) is 10.4 Å². The van der Waals surface area contributed by atoms with Gasteiger partial charge in [0.25, 0.3) is 0 Å². The van der Waals surface area contributed by atoms with E-state index in [-0.39, 0.29) is 17.0 Å². The van der Waals surface area contributed by atoms with E-state index < -0.39 is 12.6 Å². The molecule has 0 unspecified atom stereocenters. The zero-order valence-corrected chi connectivity index (χ0v) is 8.37. The second kappa shape index (κ2) is 5.26. The topological polar surface area (TPSA) is 73.6 Å². The molecule has 0 aliphatic heterocycles. The van der Waals surface area contributed by atoms with Gasteiger partial charge in [0, 0.05) is 6.07 Å². The molecule has 0 spiro atoms. The highest BCUT2D eigenvalue weighted by atomic mass is 19.3. The molecular weight excluding hydrogens is 222 g/mol. The zero-order chi connectivity index (χ0) is 12.1. The molecule has 0 amide bonds. The molecule has 0 saturated heterocycles. The zero-order valence-electron chi connectivity index (χ0n) is 8.37. The Labute approximate surface area is 90.1 Å². The fraction of sp³-hybridized carbons (Fsp3) is 0.222. The molecule has 7 heteroatoms. The Kier molecular flexibility index (Phi) is 4.01. The molecule has 0 aromatic heterocycles. The minimum absolute atomic E-state index is 0.101. The van der Waals surface area contributed by atoms with Gasteiger partial charge in [-0.05, 0) is 12.1 Å². The van der Waals surface area contributed by atoms with Gasteiger partial charge in [-0.1, -0.05) is 0 Å². The molecule has 0 radical (unpaired) electrons. The van der Waals surface area contributed by atoms with Crippen molar-refractivity contribution in [3.63, 3.8) is 0 Å². The summed E-state index contributed by atoms with van der Waals surface area (Å²) in [5.41, 5.74) is 2.47. The van der Waals surface area contributed by atoms with Crippen LogP contribution in [0.2, 0.25) is 0 Å². The number of rotatable bonds is 4. The highest BCUT2D eigenvalue weighted by Crippen LogP contribution is 2.23. The average Bonchev–Trinajstić information content (AvgIpc) is 2.27. The second-order valence-corrected chi connectivity index (χ2v) is 2.72. The van der Waals surface area contributed by atoms with Gasteiger partial charge in [-0.15, -0.1) is 0 Å². The first-order valence-corrected chi connectivity index (χ1v) is 4.22. The normalized spacial score (nSPS) is 10.1. The van der Waals surface area contributed by atoms with E-state index in [1.54, 1.807) is 0 Å². The number of anilines is 1. The van der Waals surface area contributed by atoms with Crippen molar-refractivity contribution in [1.82, 2.24) is 0 Å². The summed E-state index contributed by atoms with van der Waals surface area (Å²) in [5, 5.41) is 0. The summed E-state index contributed by atoms with van der Waals surface area (Å²) in [6.07, 6.45) is 0. The molecule has 0 aliphatic rings. The van der Waals surface area contributed by atoms with Gasteiger partial charge in [0.2, 0.25) is 0 Å². The van der Waals surface area contributed by atoms with Crippen molar-refractivity contribution in [2.24, 2.45) is 5.84 Å². The molecule has 0 aliphatic carbocycles. The Hall–Kier alpha value is -1.89. The summed E-state index contributed by atoms with van der Waals surface area (Å²) in [6, 6.07) is 3.68. The van der Waals surface area contributed by atoms with Crippen molar-refractivity contribution in [2.45, 2.75) is 6.61 Å². The van der Waals surface area contributed by atoms with Crippen LogP contribution in [0.15, 0.2) is 18.2 Å². The van der Waals surface area contributed by atoms with E-state index >= 15 is 0 Å². The summed E-state index contributed by atoms with van der Waals surface area (Å²) in [7, 11) is 1.20. The minimum Gasteiger partial charge on any atom is -0.465 e. The number of esters is 1. The molecule has 0 heterocycles. The van der Waals surface area contributed by atoms with Crippen LogP contribution in [0.3, 0.4) is 0 Å². The summed E-state index contributed by atoms with van der Waals surface area (Å²) < 4.78 is 32.5. The molecule has 88 valence electrons. The molecule has 1 aromatic carbocycles. The average molecular weight is 232 g/mol. The highest BCUT2D eigenvalue weighted by molar-refractivity contribution is 5.95. The molecule has 16 heavy (non-hydrogen) atoms. The highest BCUT2D eigenvalue weighted by Gasteiger charge is 2.13. The van der Waals surface area contributed by atoms with E-state index in [9.17, 15) is 13.6 Å². The Bertz CT molecular complexity index is 385. The maximum atomic E-state index is 11.9. The number of hydrazine groups is 1. The van der Waals surface area contributed by atoms with Crippen molar-refractivity contribution in [3.05, 3.63) is 23.8 Å². The summed E-state index contributed by atoms with van der Waals surface area (Å²) in [6.45, 7) is -2.94.